The van der Waals surface area contributed by atoms with Crippen LogP contribution in [0.1, 0.15) is 48.3 Å². The highest BCUT2D eigenvalue weighted by molar-refractivity contribution is 6.18. The van der Waals surface area contributed by atoms with E-state index in [1.807, 2.05) is 6.07 Å². The first-order valence-electron chi connectivity index (χ1n) is 12.2. The number of rotatable bonds is 4. The Hall–Kier alpha value is -4.08. The molecule has 0 aliphatic carbocycles. The highest BCUT2D eigenvalue weighted by Gasteiger charge is 2.39. The third-order valence-corrected chi connectivity index (χ3v) is 6.62. The lowest BCUT2D eigenvalue weighted by Crippen LogP contribution is -2.49. The Bertz CT molecular complexity index is 1430. The molecule has 37 heavy (non-hydrogen) atoms. The third kappa shape index (κ3) is 4.59. The van der Waals surface area contributed by atoms with Crippen molar-refractivity contribution in [3.63, 3.8) is 0 Å². The molecule has 0 radical (unpaired) electrons. The molecule has 4 heterocycles. The fourth-order valence-corrected chi connectivity index (χ4v) is 4.87. The second kappa shape index (κ2) is 9.76. The first-order valence-corrected chi connectivity index (χ1v) is 12.2. The Morgan fingerprint density at radius 2 is 1.86 bits per heavy atom. The van der Waals surface area contributed by atoms with E-state index in [2.05, 4.69) is 9.97 Å². The maximum atomic E-state index is 14.1. The summed E-state index contributed by atoms with van der Waals surface area (Å²) in [6.07, 6.45) is 4.23. The Kier molecular flexibility index (Phi) is 6.49. The van der Waals surface area contributed by atoms with Crippen LogP contribution in [0.15, 0.2) is 42.7 Å². The number of carbonyl (C=O) groups excluding carboxylic acids is 3. The van der Waals surface area contributed by atoms with E-state index < -0.39 is 35.7 Å². The van der Waals surface area contributed by atoms with Gasteiger partial charge in [0.2, 0.25) is 5.91 Å². The number of aromatic amines is 1. The second-order valence-electron chi connectivity index (χ2n) is 9.47. The Morgan fingerprint density at radius 1 is 1.11 bits per heavy atom. The Morgan fingerprint density at radius 3 is 2.57 bits per heavy atom. The molecule has 1 fully saturated rings. The minimum absolute atomic E-state index is 0.0364. The monoisotopic (exact) mass is 508 g/mol. The quantitative estimate of drug-likeness (QED) is 0.541. The van der Waals surface area contributed by atoms with Gasteiger partial charge in [-0.2, -0.15) is 0 Å². The van der Waals surface area contributed by atoms with Crippen LogP contribution in [0.4, 0.5) is 8.78 Å². The molecule has 0 bridgehead atoms. The molecule has 3 aromatic rings. The molecule has 1 atom stereocenters. The second-order valence-corrected chi connectivity index (χ2v) is 9.47. The summed E-state index contributed by atoms with van der Waals surface area (Å²) in [7, 11) is 0. The molecule has 2 aliphatic heterocycles. The van der Waals surface area contributed by atoms with Crippen LogP contribution in [-0.4, -0.2) is 62.8 Å². The maximum absolute atomic E-state index is 14.1. The predicted octanol–water partition coefficient (Wildman–Crippen LogP) is 3.82. The molecule has 0 spiro atoms. The number of nitrogens with one attached hydrogen (secondary N) is 1. The number of H-pyrrole nitrogens is 1. The highest BCUT2D eigenvalue weighted by Crippen LogP contribution is 2.34. The fourth-order valence-electron chi connectivity index (χ4n) is 4.87. The Balaban J connectivity index is 1.69. The summed E-state index contributed by atoms with van der Waals surface area (Å²) in [4.78, 5) is 51.1. The van der Waals surface area contributed by atoms with E-state index in [4.69, 9.17) is 4.74 Å². The zero-order valence-electron chi connectivity index (χ0n) is 20.5. The number of fused-ring (bicyclic) bond motifs is 3. The molecule has 1 unspecified atom stereocenters. The first-order chi connectivity index (χ1) is 17.7. The number of benzene rings is 1. The number of halogens is 2. The van der Waals surface area contributed by atoms with Crippen molar-refractivity contribution >= 4 is 34.4 Å². The molecule has 5 rings (SSSR count). The number of aromatic nitrogens is 2. The average molecular weight is 509 g/mol. The summed E-state index contributed by atoms with van der Waals surface area (Å²) in [6, 6.07) is 5.35. The number of amides is 2. The van der Waals surface area contributed by atoms with Gasteiger partial charge in [0.25, 0.3) is 5.91 Å². The molecular weight excluding hydrogens is 482 g/mol. The van der Waals surface area contributed by atoms with E-state index >= 15 is 0 Å². The predicted molar refractivity (Wildman–Crippen MR) is 131 cm³/mol. The number of nitrogens with zero attached hydrogens (tertiary/aromatic N) is 3. The van der Waals surface area contributed by atoms with Gasteiger partial charge in [0.05, 0.1) is 17.4 Å². The van der Waals surface area contributed by atoms with Gasteiger partial charge in [-0.25, -0.2) is 18.6 Å². The minimum Gasteiger partial charge on any atom is -0.459 e. The lowest BCUT2D eigenvalue weighted by Gasteiger charge is -2.30. The molecule has 1 aromatic carbocycles. The summed E-state index contributed by atoms with van der Waals surface area (Å²) >= 11 is 0. The molecule has 2 amide bonds. The van der Waals surface area contributed by atoms with Gasteiger partial charge < -0.3 is 19.5 Å². The van der Waals surface area contributed by atoms with E-state index in [1.165, 1.54) is 6.20 Å². The van der Waals surface area contributed by atoms with Crippen molar-refractivity contribution in [3.8, 4) is 0 Å². The molecule has 10 heteroatoms. The van der Waals surface area contributed by atoms with Crippen LogP contribution in [0.3, 0.4) is 0 Å². The lowest BCUT2D eigenvalue weighted by molar-refractivity contribution is -0.140. The van der Waals surface area contributed by atoms with Crippen molar-refractivity contribution in [3.05, 3.63) is 71.2 Å². The number of hydrogen-bond donors (Lipinski definition) is 1. The number of likely N-dealkylation sites (tertiary alicyclic amines) is 1. The highest BCUT2D eigenvalue weighted by atomic mass is 19.2. The molecule has 0 saturated carbocycles. The molecular formula is C27H26F2N4O4. The van der Waals surface area contributed by atoms with Gasteiger partial charge in [0.1, 0.15) is 11.7 Å². The largest absolute Gasteiger partial charge is 0.459 e. The SMILES string of the molecule is CC(C)OC(=O)C1=CN(C(=O)c2ccc(F)c(F)c2)C(C(=O)N2CCCC2)Cc2c1[nH]c1ncccc21. The van der Waals surface area contributed by atoms with Gasteiger partial charge in [-0.1, -0.05) is 0 Å². The van der Waals surface area contributed by atoms with Crippen LogP contribution in [0, 0.1) is 11.6 Å². The summed E-state index contributed by atoms with van der Waals surface area (Å²) in [6.45, 7) is 4.51. The normalized spacial score (nSPS) is 17.5. The molecule has 1 N–H and O–H groups in total. The van der Waals surface area contributed by atoms with Crippen LogP contribution in [-0.2, 0) is 20.7 Å². The van der Waals surface area contributed by atoms with Gasteiger partial charge in [0.15, 0.2) is 11.6 Å². The minimum atomic E-state index is -1.19. The van der Waals surface area contributed by atoms with Crippen molar-refractivity contribution in [2.75, 3.05) is 13.1 Å². The van der Waals surface area contributed by atoms with Crippen molar-refractivity contribution in [1.29, 1.82) is 0 Å². The summed E-state index contributed by atoms with van der Waals surface area (Å²) < 4.78 is 33.1. The van der Waals surface area contributed by atoms with Crippen molar-refractivity contribution < 1.29 is 27.9 Å². The van der Waals surface area contributed by atoms with E-state index in [9.17, 15) is 23.2 Å². The van der Waals surface area contributed by atoms with E-state index in [0.29, 0.717) is 35.4 Å². The van der Waals surface area contributed by atoms with Crippen molar-refractivity contribution in [2.45, 2.75) is 45.3 Å². The maximum Gasteiger partial charge on any atom is 0.342 e. The molecule has 2 aromatic heterocycles. The van der Waals surface area contributed by atoms with E-state index in [1.54, 1.807) is 31.0 Å². The van der Waals surface area contributed by atoms with Crippen LogP contribution in [0.2, 0.25) is 0 Å². The smallest absolute Gasteiger partial charge is 0.342 e. The van der Waals surface area contributed by atoms with Gasteiger partial charge in [-0.15, -0.1) is 0 Å². The third-order valence-electron chi connectivity index (χ3n) is 6.62. The number of ether oxygens (including phenoxy) is 1. The van der Waals surface area contributed by atoms with Gasteiger partial charge >= 0.3 is 5.97 Å². The number of hydrogen-bond acceptors (Lipinski definition) is 5. The van der Waals surface area contributed by atoms with Gasteiger partial charge in [0, 0.05) is 42.9 Å². The molecule has 2 aliphatic rings. The van der Waals surface area contributed by atoms with E-state index in [0.717, 1.165) is 35.9 Å². The van der Waals surface area contributed by atoms with Crippen molar-refractivity contribution in [2.24, 2.45) is 0 Å². The van der Waals surface area contributed by atoms with E-state index in [-0.39, 0.29) is 23.5 Å². The average Bonchev–Trinajstić information content (AvgIpc) is 3.49. The fraction of sp³-hybridized carbons (Fsp3) is 0.333. The van der Waals surface area contributed by atoms with Crippen molar-refractivity contribution in [1.82, 2.24) is 19.8 Å². The Labute approximate surface area is 211 Å². The summed E-state index contributed by atoms with van der Waals surface area (Å²) in [5.74, 6) is -4.00. The van der Waals surface area contributed by atoms with Crippen LogP contribution in [0.25, 0.3) is 16.6 Å². The van der Waals surface area contributed by atoms with Gasteiger partial charge in [-0.3, -0.25) is 9.59 Å². The molecule has 1 saturated heterocycles. The van der Waals surface area contributed by atoms with Gasteiger partial charge in [-0.05, 0) is 62.6 Å². The number of pyridine rings is 1. The number of carbonyl (C=O) groups is 3. The number of esters is 1. The zero-order valence-corrected chi connectivity index (χ0v) is 20.5. The summed E-state index contributed by atoms with van der Waals surface area (Å²) in [5.41, 5.74) is 1.47. The molecule has 192 valence electrons. The molecule has 8 nitrogen and oxygen atoms in total. The van der Waals surface area contributed by atoms with Crippen LogP contribution in [0.5, 0.6) is 0 Å². The first kappa shape index (κ1) is 24.6. The lowest BCUT2D eigenvalue weighted by atomic mass is 10.00. The summed E-state index contributed by atoms with van der Waals surface area (Å²) in [5, 5.41) is 0.710. The van der Waals surface area contributed by atoms with Crippen LogP contribution >= 0.6 is 0 Å². The topological polar surface area (TPSA) is 95.6 Å². The van der Waals surface area contributed by atoms with Crippen LogP contribution < -0.4 is 0 Å². The zero-order chi connectivity index (χ0) is 26.3. The standard InChI is InChI=1S/C27H26F2N4O4/c1-15(2)37-27(36)19-14-33(25(34)16-7-8-20(28)21(29)12-16)22(26(35)32-10-3-4-11-32)13-18-17-6-5-9-30-24(17)31-23(18)19/h5-9,12,14-15,22H,3-4,10-11,13H2,1-2H3,(H,30,31).